The van der Waals surface area contributed by atoms with Gasteiger partial charge >= 0.3 is 0 Å². The third-order valence-electron chi connectivity index (χ3n) is 2.15. The Morgan fingerprint density at radius 1 is 1.42 bits per heavy atom. The van der Waals surface area contributed by atoms with Crippen LogP contribution in [-0.4, -0.2) is 19.6 Å². The fourth-order valence-corrected chi connectivity index (χ4v) is 1.50. The molecular weight excluding hydrogens is 152 g/mol. The molecule has 1 saturated heterocycles. The first-order valence-corrected chi connectivity index (χ1v) is 4.37. The highest BCUT2D eigenvalue weighted by Gasteiger charge is 2.16. The molecule has 0 aliphatic carbocycles. The molecule has 2 rings (SSSR count). The summed E-state index contributed by atoms with van der Waals surface area (Å²) in [4.78, 5) is 0. The van der Waals surface area contributed by atoms with Gasteiger partial charge < -0.3 is 15.1 Å². The van der Waals surface area contributed by atoms with Crippen LogP contribution in [0.5, 0.6) is 0 Å². The summed E-state index contributed by atoms with van der Waals surface area (Å²) >= 11 is 0. The number of hydrogen-bond donors (Lipinski definition) is 2. The van der Waals surface area contributed by atoms with E-state index in [1.165, 1.54) is 0 Å². The van der Waals surface area contributed by atoms with Gasteiger partial charge in [0.2, 0.25) is 0 Å². The molecule has 0 spiro atoms. The third kappa shape index (κ3) is 1.52. The van der Waals surface area contributed by atoms with E-state index in [2.05, 4.69) is 10.6 Å². The summed E-state index contributed by atoms with van der Waals surface area (Å²) < 4.78 is 5.52. The first kappa shape index (κ1) is 7.83. The monoisotopic (exact) mass is 166 g/mol. The van der Waals surface area contributed by atoms with Crippen LogP contribution >= 0.6 is 0 Å². The molecule has 0 saturated carbocycles. The van der Waals surface area contributed by atoms with E-state index in [-0.39, 0.29) is 0 Å². The van der Waals surface area contributed by atoms with Crippen molar-refractivity contribution in [3.05, 3.63) is 23.7 Å². The van der Waals surface area contributed by atoms with Crippen molar-refractivity contribution >= 4 is 0 Å². The molecular formula is C9H14N2O. The topological polar surface area (TPSA) is 37.2 Å². The van der Waals surface area contributed by atoms with Crippen LogP contribution in [0, 0.1) is 6.92 Å². The van der Waals surface area contributed by atoms with Crippen LogP contribution in [0.4, 0.5) is 0 Å². The van der Waals surface area contributed by atoms with E-state index in [0.29, 0.717) is 6.04 Å². The van der Waals surface area contributed by atoms with Crippen LogP contribution in [0.15, 0.2) is 16.5 Å². The number of rotatable bonds is 1. The molecule has 3 heteroatoms. The van der Waals surface area contributed by atoms with E-state index in [0.717, 1.165) is 31.2 Å². The molecule has 0 amide bonds. The Morgan fingerprint density at radius 3 is 2.92 bits per heavy atom. The molecule has 12 heavy (non-hydrogen) atoms. The van der Waals surface area contributed by atoms with Gasteiger partial charge in [0.15, 0.2) is 0 Å². The summed E-state index contributed by atoms with van der Waals surface area (Å²) in [6.07, 6.45) is 0. The highest BCUT2D eigenvalue weighted by atomic mass is 16.3. The lowest BCUT2D eigenvalue weighted by Gasteiger charge is -2.22. The van der Waals surface area contributed by atoms with Gasteiger partial charge in [-0.3, -0.25) is 0 Å². The first-order valence-electron chi connectivity index (χ1n) is 4.37. The summed E-state index contributed by atoms with van der Waals surface area (Å²) in [7, 11) is 0. The Balaban J connectivity index is 2.08. The van der Waals surface area contributed by atoms with Crippen LogP contribution in [-0.2, 0) is 0 Å². The molecule has 66 valence electrons. The SMILES string of the molecule is Cc1ccc([C@@H]2CNCCN2)o1. The predicted molar refractivity (Wildman–Crippen MR) is 47.1 cm³/mol. The Kier molecular flexibility index (Phi) is 2.15. The molecule has 1 aromatic heterocycles. The lowest BCUT2D eigenvalue weighted by atomic mass is 10.2. The molecule has 2 heterocycles. The van der Waals surface area contributed by atoms with Crippen molar-refractivity contribution in [3.63, 3.8) is 0 Å². The molecule has 1 aliphatic heterocycles. The maximum Gasteiger partial charge on any atom is 0.122 e. The highest BCUT2D eigenvalue weighted by Crippen LogP contribution is 2.16. The number of hydrogen-bond acceptors (Lipinski definition) is 3. The summed E-state index contributed by atoms with van der Waals surface area (Å²) in [5.74, 6) is 2.03. The molecule has 0 radical (unpaired) electrons. The summed E-state index contributed by atoms with van der Waals surface area (Å²) in [6, 6.07) is 4.40. The van der Waals surface area contributed by atoms with Gasteiger partial charge in [0.1, 0.15) is 11.5 Å². The van der Waals surface area contributed by atoms with Crippen LogP contribution in [0.25, 0.3) is 0 Å². The van der Waals surface area contributed by atoms with Gasteiger partial charge in [-0.05, 0) is 19.1 Å². The van der Waals surface area contributed by atoms with Gasteiger partial charge in [-0.15, -0.1) is 0 Å². The summed E-state index contributed by atoms with van der Waals surface area (Å²) in [5, 5.41) is 6.71. The summed E-state index contributed by atoms with van der Waals surface area (Å²) in [5.41, 5.74) is 0. The molecule has 3 nitrogen and oxygen atoms in total. The van der Waals surface area contributed by atoms with Crippen molar-refractivity contribution < 1.29 is 4.42 Å². The van der Waals surface area contributed by atoms with Gasteiger partial charge in [-0.25, -0.2) is 0 Å². The molecule has 0 bridgehead atoms. The number of piperazine rings is 1. The van der Waals surface area contributed by atoms with Crippen LogP contribution in [0.3, 0.4) is 0 Å². The maximum atomic E-state index is 5.52. The Hall–Kier alpha value is -0.800. The molecule has 1 aliphatic rings. The van der Waals surface area contributed by atoms with Crippen molar-refractivity contribution in [2.24, 2.45) is 0 Å². The van der Waals surface area contributed by atoms with Gasteiger partial charge in [-0.2, -0.15) is 0 Å². The standard InChI is InChI=1S/C9H14N2O/c1-7-2-3-9(12-7)8-6-10-4-5-11-8/h2-3,8,10-11H,4-6H2,1H3/t8-/m0/s1. The van der Waals surface area contributed by atoms with Crippen molar-refractivity contribution in [2.45, 2.75) is 13.0 Å². The Morgan fingerprint density at radius 2 is 2.33 bits per heavy atom. The van der Waals surface area contributed by atoms with E-state index in [4.69, 9.17) is 4.42 Å². The van der Waals surface area contributed by atoms with Crippen molar-refractivity contribution in [1.29, 1.82) is 0 Å². The molecule has 1 fully saturated rings. The fourth-order valence-electron chi connectivity index (χ4n) is 1.50. The Labute approximate surface area is 72.1 Å². The van der Waals surface area contributed by atoms with Crippen molar-refractivity contribution in [1.82, 2.24) is 10.6 Å². The zero-order valence-corrected chi connectivity index (χ0v) is 7.26. The predicted octanol–water partition coefficient (Wildman–Crippen LogP) is 0.822. The largest absolute Gasteiger partial charge is 0.465 e. The highest BCUT2D eigenvalue weighted by molar-refractivity contribution is 5.10. The van der Waals surface area contributed by atoms with Gasteiger partial charge in [0, 0.05) is 19.6 Å². The number of aryl methyl sites for hydroxylation is 1. The second-order valence-electron chi connectivity index (χ2n) is 3.16. The number of furan rings is 1. The van der Waals surface area contributed by atoms with Gasteiger partial charge in [0.25, 0.3) is 0 Å². The van der Waals surface area contributed by atoms with Gasteiger partial charge in [-0.1, -0.05) is 0 Å². The second-order valence-corrected chi connectivity index (χ2v) is 3.16. The van der Waals surface area contributed by atoms with E-state index >= 15 is 0 Å². The number of nitrogens with one attached hydrogen (secondary N) is 2. The minimum atomic E-state index is 0.354. The van der Waals surface area contributed by atoms with Crippen molar-refractivity contribution in [2.75, 3.05) is 19.6 Å². The third-order valence-corrected chi connectivity index (χ3v) is 2.15. The van der Waals surface area contributed by atoms with Gasteiger partial charge in [0.05, 0.1) is 6.04 Å². The van der Waals surface area contributed by atoms with Crippen LogP contribution in [0.2, 0.25) is 0 Å². The fraction of sp³-hybridized carbons (Fsp3) is 0.556. The second kappa shape index (κ2) is 3.29. The smallest absolute Gasteiger partial charge is 0.122 e. The minimum absolute atomic E-state index is 0.354. The molecule has 0 aromatic carbocycles. The lowest BCUT2D eigenvalue weighted by molar-refractivity contribution is 0.356. The zero-order chi connectivity index (χ0) is 8.39. The van der Waals surface area contributed by atoms with Crippen molar-refractivity contribution in [3.8, 4) is 0 Å². The average molecular weight is 166 g/mol. The molecule has 0 unspecified atom stereocenters. The summed E-state index contributed by atoms with van der Waals surface area (Å²) in [6.45, 7) is 5.01. The van der Waals surface area contributed by atoms with Crippen LogP contribution < -0.4 is 10.6 Å². The quantitative estimate of drug-likeness (QED) is 0.648. The Bertz CT molecular complexity index is 251. The molecule has 2 N–H and O–H groups in total. The lowest BCUT2D eigenvalue weighted by Crippen LogP contribution is -2.42. The first-order chi connectivity index (χ1) is 5.86. The average Bonchev–Trinajstić information content (AvgIpc) is 2.54. The van der Waals surface area contributed by atoms with E-state index in [9.17, 15) is 0 Å². The maximum absolute atomic E-state index is 5.52. The molecule has 1 atom stereocenters. The van der Waals surface area contributed by atoms with E-state index in [1.54, 1.807) is 0 Å². The van der Waals surface area contributed by atoms with Crippen LogP contribution in [0.1, 0.15) is 17.6 Å². The minimum Gasteiger partial charge on any atom is -0.465 e. The zero-order valence-electron chi connectivity index (χ0n) is 7.26. The van der Waals surface area contributed by atoms with E-state index in [1.807, 2.05) is 19.1 Å². The van der Waals surface area contributed by atoms with E-state index < -0.39 is 0 Å². The normalized spacial score (nSPS) is 24.2. The molecule has 1 aromatic rings.